The third kappa shape index (κ3) is 1.96. The highest BCUT2D eigenvalue weighted by Gasteiger charge is 2.25. The standard InChI is InChI=1S/C10H10Br2N4/c11-9-3-10(12)16(14-9)5-8-4-13-6-15(8)7-1-2-7/h3-4,6-7H,1-2,5H2. The van der Waals surface area contributed by atoms with Crippen LogP contribution in [0.5, 0.6) is 0 Å². The molecule has 0 aromatic carbocycles. The summed E-state index contributed by atoms with van der Waals surface area (Å²) < 4.78 is 5.99. The van der Waals surface area contributed by atoms with E-state index in [4.69, 9.17) is 0 Å². The Kier molecular flexibility index (Phi) is 2.63. The summed E-state index contributed by atoms with van der Waals surface area (Å²) >= 11 is 6.84. The second-order valence-corrected chi connectivity index (χ2v) is 5.60. The maximum absolute atomic E-state index is 4.35. The smallest absolute Gasteiger partial charge is 0.129 e. The van der Waals surface area contributed by atoms with Gasteiger partial charge in [0.15, 0.2) is 0 Å². The van der Waals surface area contributed by atoms with Gasteiger partial charge in [0.25, 0.3) is 0 Å². The highest BCUT2D eigenvalue weighted by Crippen LogP contribution is 2.35. The van der Waals surface area contributed by atoms with Crippen LogP contribution in [0.4, 0.5) is 0 Å². The van der Waals surface area contributed by atoms with Crippen molar-refractivity contribution in [3.63, 3.8) is 0 Å². The van der Waals surface area contributed by atoms with E-state index in [2.05, 4.69) is 46.5 Å². The van der Waals surface area contributed by atoms with E-state index in [1.807, 2.05) is 23.3 Å². The monoisotopic (exact) mass is 344 g/mol. The van der Waals surface area contributed by atoms with Crippen molar-refractivity contribution in [2.75, 3.05) is 0 Å². The average Bonchev–Trinajstić information content (AvgIpc) is 2.90. The summed E-state index contributed by atoms with van der Waals surface area (Å²) in [6, 6.07) is 2.60. The maximum Gasteiger partial charge on any atom is 0.129 e. The number of nitrogens with zero attached hydrogens (tertiary/aromatic N) is 4. The van der Waals surface area contributed by atoms with Crippen molar-refractivity contribution in [1.82, 2.24) is 19.3 Å². The zero-order valence-electron chi connectivity index (χ0n) is 8.48. The summed E-state index contributed by atoms with van der Waals surface area (Å²) in [5.41, 5.74) is 1.21. The van der Waals surface area contributed by atoms with Gasteiger partial charge < -0.3 is 4.57 Å². The molecule has 0 aliphatic heterocycles. The summed E-state index contributed by atoms with van der Waals surface area (Å²) in [7, 11) is 0. The second-order valence-electron chi connectivity index (χ2n) is 3.97. The number of hydrogen-bond donors (Lipinski definition) is 0. The molecule has 3 rings (SSSR count). The molecule has 0 amide bonds. The lowest BCUT2D eigenvalue weighted by atomic mass is 10.4. The molecule has 1 saturated carbocycles. The minimum absolute atomic E-state index is 0.662. The van der Waals surface area contributed by atoms with Crippen LogP contribution in [0.2, 0.25) is 0 Å². The quantitative estimate of drug-likeness (QED) is 0.857. The predicted molar refractivity (Wildman–Crippen MR) is 67.2 cm³/mol. The molecule has 2 heterocycles. The Morgan fingerprint density at radius 2 is 2.19 bits per heavy atom. The van der Waals surface area contributed by atoms with Crippen LogP contribution in [0, 0.1) is 0 Å². The van der Waals surface area contributed by atoms with Gasteiger partial charge in [0.1, 0.15) is 9.21 Å². The number of halogens is 2. The molecule has 0 saturated heterocycles. The topological polar surface area (TPSA) is 35.6 Å². The van der Waals surface area contributed by atoms with E-state index in [-0.39, 0.29) is 0 Å². The maximum atomic E-state index is 4.35. The molecular weight excluding hydrogens is 336 g/mol. The van der Waals surface area contributed by atoms with Gasteiger partial charge in [-0.3, -0.25) is 4.68 Å². The fraction of sp³-hybridized carbons (Fsp3) is 0.400. The molecule has 1 aliphatic rings. The molecule has 6 heteroatoms. The molecule has 0 unspecified atom stereocenters. The zero-order chi connectivity index (χ0) is 11.1. The van der Waals surface area contributed by atoms with Gasteiger partial charge in [-0.1, -0.05) is 0 Å². The van der Waals surface area contributed by atoms with Crippen molar-refractivity contribution < 1.29 is 0 Å². The largest absolute Gasteiger partial charge is 0.330 e. The first-order chi connectivity index (χ1) is 7.74. The Morgan fingerprint density at radius 3 is 2.81 bits per heavy atom. The highest BCUT2D eigenvalue weighted by atomic mass is 79.9. The third-order valence-corrected chi connectivity index (χ3v) is 3.73. The van der Waals surface area contributed by atoms with Gasteiger partial charge in [-0.2, -0.15) is 5.10 Å². The zero-order valence-corrected chi connectivity index (χ0v) is 11.6. The van der Waals surface area contributed by atoms with Crippen LogP contribution >= 0.6 is 31.9 Å². The molecule has 0 radical (unpaired) electrons. The van der Waals surface area contributed by atoms with Gasteiger partial charge in [0.2, 0.25) is 0 Å². The molecule has 0 N–H and O–H groups in total. The van der Waals surface area contributed by atoms with E-state index >= 15 is 0 Å². The lowest BCUT2D eigenvalue weighted by Crippen LogP contribution is -2.07. The van der Waals surface area contributed by atoms with Crippen LogP contribution in [-0.4, -0.2) is 19.3 Å². The van der Waals surface area contributed by atoms with Crippen LogP contribution in [0.3, 0.4) is 0 Å². The number of hydrogen-bond acceptors (Lipinski definition) is 2. The Morgan fingerprint density at radius 1 is 1.38 bits per heavy atom. The number of aromatic nitrogens is 4. The molecule has 4 nitrogen and oxygen atoms in total. The molecule has 84 valence electrons. The predicted octanol–water partition coefficient (Wildman–Crippen LogP) is 2.99. The van der Waals surface area contributed by atoms with E-state index in [0.717, 1.165) is 15.8 Å². The van der Waals surface area contributed by atoms with E-state index in [9.17, 15) is 0 Å². The second kappa shape index (κ2) is 4.00. The Bertz CT molecular complexity index is 513. The number of imidazole rings is 1. The van der Waals surface area contributed by atoms with Crippen LogP contribution in [-0.2, 0) is 6.54 Å². The summed E-state index contributed by atoms with van der Waals surface area (Å²) in [5.74, 6) is 0. The summed E-state index contributed by atoms with van der Waals surface area (Å²) in [5, 5.41) is 4.35. The van der Waals surface area contributed by atoms with E-state index in [1.165, 1.54) is 18.5 Å². The molecule has 0 spiro atoms. The molecule has 2 aromatic rings. The Hall–Kier alpha value is -0.620. The van der Waals surface area contributed by atoms with Crippen molar-refractivity contribution in [3.05, 3.63) is 33.5 Å². The molecule has 1 fully saturated rings. The normalized spacial score (nSPS) is 15.6. The van der Waals surface area contributed by atoms with Gasteiger partial charge in [0, 0.05) is 12.1 Å². The fourth-order valence-corrected chi connectivity index (χ4v) is 2.90. The van der Waals surface area contributed by atoms with Gasteiger partial charge in [-0.15, -0.1) is 0 Å². The SMILES string of the molecule is Brc1cc(Br)n(Cc2cncn2C2CC2)n1. The van der Waals surface area contributed by atoms with Crippen molar-refractivity contribution in [1.29, 1.82) is 0 Å². The van der Waals surface area contributed by atoms with Gasteiger partial charge in [0.05, 0.1) is 24.8 Å². The van der Waals surface area contributed by atoms with Gasteiger partial charge in [-0.25, -0.2) is 4.98 Å². The highest BCUT2D eigenvalue weighted by molar-refractivity contribution is 9.11. The van der Waals surface area contributed by atoms with Crippen molar-refractivity contribution >= 4 is 31.9 Å². The van der Waals surface area contributed by atoms with Crippen LogP contribution in [0.15, 0.2) is 27.8 Å². The van der Waals surface area contributed by atoms with Crippen molar-refractivity contribution in [2.45, 2.75) is 25.4 Å². The first kappa shape index (κ1) is 10.5. The summed E-state index contributed by atoms with van der Waals surface area (Å²) in [6.07, 6.45) is 6.38. The van der Waals surface area contributed by atoms with Crippen molar-refractivity contribution in [3.8, 4) is 0 Å². The van der Waals surface area contributed by atoms with E-state index < -0.39 is 0 Å². The number of rotatable bonds is 3. The van der Waals surface area contributed by atoms with Gasteiger partial charge in [-0.05, 0) is 44.7 Å². The molecule has 0 atom stereocenters. The third-order valence-electron chi connectivity index (χ3n) is 2.70. The Balaban J connectivity index is 1.88. The molecule has 1 aliphatic carbocycles. The fourth-order valence-electron chi connectivity index (χ4n) is 1.77. The molecule has 2 aromatic heterocycles. The average molecular weight is 346 g/mol. The van der Waals surface area contributed by atoms with Gasteiger partial charge >= 0.3 is 0 Å². The van der Waals surface area contributed by atoms with Crippen LogP contribution in [0.1, 0.15) is 24.6 Å². The first-order valence-corrected chi connectivity index (χ1v) is 6.72. The van der Waals surface area contributed by atoms with E-state index in [1.54, 1.807) is 0 Å². The van der Waals surface area contributed by atoms with Crippen molar-refractivity contribution in [2.24, 2.45) is 0 Å². The lowest BCUT2D eigenvalue weighted by Gasteiger charge is -2.07. The van der Waals surface area contributed by atoms with E-state index in [0.29, 0.717) is 6.04 Å². The lowest BCUT2D eigenvalue weighted by molar-refractivity contribution is 0.604. The van der Waals surface area contributed by atoms with Crippen LogP contribution < -0.4 is 0 Å². The first-order valence-electron chi connectivity index (χ1n) is 5.13. The van der Waals surface area contributed by atoms with Crippen LogP contribution in [0.25, 0.3) is 0 Å². The Labute approximate surface area is 110 Å². The molecule has 0 bridgehead atoms. The molecular formula is C10H10Br2N4. The minimum Gasteiger partial charge on any atom is -0.330 e. The molecule has 16 heavy (non-hydrogen) atoms. The minimum atomic E-state index is 0.662. The summed E-state index contributed by atoms with van der Waals surface area (Å²) in [6.45, 7) is 0.753. The summed E-state index contributed by atoms with van der Waals surface area (Å²) in [4.78, 5) is 4.21.